The number of Topliss-reactive ketones (excluding diaryl/α,β-unsaturated/α-hetero) is 1. The molecule has 1 amide bonds. The minimum Gasteiger partial charge on any atom is -0.369 e. The molecule has 0 bridgehead atoms. The fourth-order valence-corrected chi connectivity index (χ4v) is 3.07. The van der Waals surface area contributed by atoms with Gasteiger partial charge in [-0.3, -0.25) is 9.59 Å². The number of amides is 1. The van der Waals surface area contributed by atoms with E-state index in [-0.39, 0.29) is 17.6 Å². The summed E-state index contributed by atoms with van der Waals surface area (Å²) in [5.41, 5.74) is 7.23. The number of hydrogen-bond acceptors (Lipinski definition) is 2. The van der Waals surface area contributed by atoms with Gasteiger partial charge in [0.1, 0.15) is 5.41 Å². The summed E-state index contributed by atoms with van der Waals surface area (Å²) in [5, 5.41) is 0. The van der Waals surface area contributed by atoms with Crippen molar-refractivity contribution in [2.75, 3.05) is 0 Å². The second-order valence-electron chi connectivity index (χ2n) is 5.83. The van der Waals surface area contributed by atoms with E-state index in [1.165, 1.54) is 6.92 Å². The Kier molecular flexibility index (Phi) is 4.45. The van der Waals surface area contributed by atoms with E-state index in [4.69, 9.17) is 5.73 Å². The van der Waals surface area contributed by atoms with Gasteiger partial charge in [-0.25, -0.2) is 0 Å². The van der Waals surface area contributed by atoms with Crippen molar-refractivity contribution in [3.63, 3.8) is 0 Å². The van der Waals surface area contributed by atoms with E-state index in [2.05, 4.69) is 0 Å². The summed E-state index contributed by atoms with van der Waals surface area (Å²) in [4.78, 5) is 23.9. The molecule has 22 heavy (non-hydrogen) atoms. The van der Waals surface area contributed by atoms with E-state index in [1.54, 1.807) is 12.1 Å². The van der Waals surface area contributed by atoms with Gasteiger partial charge in [-0.2, -0.15) is 0 Å². The lowest BCUT2D eigenvalue weighted by Gasteiger charge is -2.35. The van der Waals surface area contributed by atoms with Gasteiger partial charge in [0.2, 0.25) is 5.91 Å². The molecule has 2 N–H and O–H groups in total. The predicted molar refractivity (Wildman–Crippen MR) is 87.7 cm³/mol. The Hall–Kier alpha value is -2.42. The third-order valence-electron chi connectivity index (χ3n) is 4.23. The summed E-state index contributed by atoms with van der Waals surface area (Å²) in [5.74, 6) is -0.402. The van der Waals surface area contributed by atoms with Crippen molar-refractivity contribution < 1.29 is 9.59 Å². The van der Waals surface area contributed by atoms with Gasteiger partial charge in [0.25, 0.3) is 0 Å². The van der Waals surface area contributed by atoms with Crippen molar-refractivity contribution in [3.05, 3.63) is 71.3 Å². The topological polar surface area (TPSA) is 60.2 Å². The molecule has 0 spiro atoms. The number of nitrogens with two attached hydrogens (primary N) is 1. The Morgan fingerprint density at radius 3 is 1.82 bits per heavy atom. The summed E-state index contributed by atoms with van der Waals surface area (Å²) in [6, 6.07) is 16.7. The van der Waals surface area contributed by atoms with Crippen molar-refractivity contribution in [1.82, 2.24) is 0 Å². The SMILES string of the molecule is CC(=O)c1ccc(C(C(N)=O)(c2ccccc2)C(C)C)cc1. The maximum atomic E-state index is 12.4. The Labute approximate surface area is 131 Å². The molecule has 0 aliphatic carbocycles. The Morgan fingerprint density at radius 2 is 1.41 bits per heavy atom. The first-order valence-electron chi connectivity index (χ1n) is 7.37. The molecule has 1 unspecified atom stereocenters. The molecule has 2 rings (SSSR count). The zero-order valence-electron chi connectivity index (χ0n) is 13.2. The van der Waals surface area contributed by atoms with Gasteiger partial charge in [0.05, 0.1) is 0 Å². The number of benzene rings is 2. The highest BCUT2D eigenvalue weighted by Crippen LogP contribution is 2.39. The lowest BCUT2D eigenvalue weighted by atomic mass is 9.66. The Balaban J connectivity index is 2.68. The Morgan fingerprint density at radius 1 is 0.909 bits per heavy atom. The molecule has 3 heteroatoms. The molecule has 2 aromatic carbocycles. The number of rotatable bonds is 5. The number of carbonyl (C=O) groups excluding carboxylic acids is 2. The minimum absolute atomic E-state index is 0.000447. The number of carbonyl (C=O) groups is 2. The number of hydrogen-bond donors (Lipinski definition) is 1. The molecule has 0 aliphatic heterocycles. The third kappa shape index (κ3) is 2.54. The number of primary amides is 1. The standard InChI is InChI=1S/C19H21NO2/c1-13(2)19(18(20)22,16-7-5-4-6-8-16)17-11-9-15(10-12-17)14(3)21/h4-13H,1-3H3,(H2,20,22). The first-order valence-corrected chi connectivity index (χ1v) is 7.37. The Bertz CT molecular complexity index is 674. The fraction of sp³-hybridized carbons (Fsp3) is 0.263. The predicted octanol–water partition coefficient (Wildman–Crippen LogP) is 3.32. The van der Waals surface area contributed by atoms with Crippen molar-refractivity contribution in [3.8, 4) is 0 Å². The van der Waals surface area contributed by atoms with Gasteiger partial charge in [-0.1, -0.05) is 68.4 Å². The molecule has 0 saturated heterocycles. The summed E-state index contributed by atoms with van der Waals surface area (Å²) < 4.78 is 0. The van der Waals surface area contributed by atoms with E-state index < -0.39 is 5.41 Å². The van der Waals surface area contributed by atoms with Crippen LogP contribution in [0.4, 0.5) is 0 Å². The largest absolute Gasteiger partial charge is 0.369 e. The van der Waals surface area contributed by atoms with Gasteiger partial charge in [-0.15, -0.1) is 0 Å². The van der Waals surface area contributed by atoms with Gasteiger partial charge in [0, 0.05) is 5.56 Å². The van der Waals surface area contributed by atoms with Crippen LogP contribution in [0.2, 0.25) is 0 Å². The molecule has 0 heterocycles. The summed E-state index contributed by atoms with van der Waals surface area (Å²) >= 11 is 0. The lowest BCUT2D eigenvalue weighted by Crippen LogP contribution is -2.46. The van der Waals surface area contributed by atoms with Crippen LogP contribution in [-0.2, 0) is 10.2 Å². The van der Waals surface area contributed by atoms with Gasteiger partial charge < -0.3 is 5.73 Å². The van der Waals surface area contributed by atoms with Gasteiger partial charge in [0.15, 0.2) is 5.78 Å². The minimum atomic E-state index is -0.906. The van der Waals surface area contributed by atoms with Crippen LogP contribution in [0.15, 0.2) is 54.6 Å². The van der Waals surface area contributed by atoms with E-state index in [1.807, 2.05) is 56.3 Å². The monoisotopic (exact) mass is 295 g/mol. The summed E-state index contributed by atoms with van der Waals surface area (Å²) in [6.07, 6.45) is 0. The normalized spacial score (nSPS) is 13.6. The molecule has 0 aliphatic rings. The van der Waals surface area contributed by atoms with E-state index >= 15 is 0 Å². The van der Waals surface area contributed by atoms with Crippen LogP contribution in [-0.4, -0.2) is 11.7 Å². The molecular weight excluding hydrogens is 274 g/mol. The van der Waals surface area contributed by atoms with Crippen LogP contribution in [0, 0.1) is 5.92 Å². The number of ketones is 1. The van der Waals surface area contributed by atoms with Crippen molar-refractivity contribution >= 4 is 11.7 Å². The van der Waals surface area contributed by atoms with Crippen molar-refractivity contribution in [2.24, 2.45) is 11.7 Å². The van der Waals surface area contributed by atoms with Crippen molar-refractivity contribution in [2.45, 2.75) is 26.2 Å². The van der Waals surface area contributed by atoms with Crippen LogP contribution in [0.1, 0.15) is 42.3 Å². The van der Waals surface area contributed by atoms with Gasteiger partial charge >= 0.3 is 0 Å². The lowest BCUT2D eigenvalue weighted by molar-refractivity contribution is -0.123. The molecule has 0 saturated carbocycles. The molecule has 0 radical (unpaired) electrons. The highest BCUT2D eigenvalue weighted by Gasteiger charge is 2.43. The van der Waals surface area contributed by atoms with Crippen LogP contribution in [0.25, 0.3) is 0 Å². The smallest absolute Gasteiger partial charge is 0.232 e. The molecule has 0 aromatic heterocycles. The first kappa shape index (κ1) is 16.0. The highest BCUT2D eigenvalue weighted by molar-refractivity contribution is 5.95. The van der Waals surface area contributed by atoms with Crippen molar-refractivity contribution in [1.29, 1.82) is 0 Å². The first-order chi connectivity index (χ1) is 10.4. The fourth-order valence-electron chi connectivity index (χ4n) is 3.07. The second-order valence-corrected chi connectivity index (χ2v) is 5.83. The molecular formula is C19H21NO2. The summed E-state index contributed by atoms with van der Waals surface area (Å²) in [6.45, 7) is 5.49. The molecule has 114 valence electrons. The van der Waals surface area contributed by atoms with E-state index in [0.717, 1.165) is 11.1 Å². The zero-order valence-corrected chi connectivity index (χ0v) is 13.2. The van der Waals surface area contributed by atoms with Crippen LogP contribution in [0.5, 0.6) is 0 Å². The van der Waals surface area contributed by atoms with Crippen LogP contribution < -0.4 is 5.73 Å². The second kappa shape index (κ2) is 6.14. The molecule has 1 atom stereocenters. The van der Waals surface area contributed by atoms with Crippen LogP contribution in [0.3, 0.4) is 0 Å². The molecule has 3 nitrogen and oxygen atoms in total. The third-order valence-corrected chi connectivity index (χ3v) is 4.23. The maximum absolute atomic E-state index is 12.4. The molecule has 0 fully saturated rings. The van der Waals surface area contributed by atoms with Gasteiger partial charge in [-0.05, 0) is 24.0 Å². The zero-order chi connectivity index (χ0) is 16.3. The van der Waals surface area contributed by atoms with E-state index in [9.17, 15) is 9.59 Å². The highest BCUT2D eigenvalue weighted by atomic mass is 16.1. The van der Waals surface area contributed by atoms with E-state index in [0.29, 0.717) is 5.56 Å². The average Bonchev–Trinajstić information content (AvgIpc) is 2.49. The maximum Gasteiger partial charge on any atom is 0.232 e. The van der Waals surface area contributed by atoms with Crippen LogP contribution >= 0.6 is 0 Å². The average molecular weight is 295 g/mol. The summed E-state index contributed by atoms with van der Waals surface area (Å²) in [7, 11) is 0. The molecule has 2 aromatic rings. The quantitative estimate of drug-likeness (QED) is 0.860.